The van der Waals surface area contributed by atoms with Crippen molar-refractivity contribution in [2.24, 2.45) is 23.2 Å². The normalized spacial score (nSPS) is 29.4. The van der Waals surface area contributed by atoms with Crippen molar-refractivity contribution in [3.8, 4) is 5.75 Å². The van der Waals surface area contributed by atoms with Crippen LogP contribution in [0.2, 0.25) is 0 Å². The fourth-order valence-corrected chi connectivity index (χ4v) is 6.19. The summed E-state index contributed by atoms with van der Waals surface area (Å²) in [6.45, 7) is 0.0849. The molecule has 1 aromatic heterocycles. The number of ether oxygens (including phenoxy) is 1. The zero-order valence-corrected chi connectivity index (χ0v) is 16.8. The number of furan rings is 1. The predicted molar refractivity (Wildman–Crippen MR) is 111 cm³/mol. The Hall–Kier alpha value is -2.89. The first-order valence-electron chi connectivity index (χ1n) is 10.7. The molecule has 0 spiro atoms. The molecule has 6 nitrogen and oxygen atoms in total. The van der Waals surface area contributed by atoms with Gasteiger partial charge >= 0.3 is 5.69 Å². The summed E-state index contributed by atoms with van der Waals surface area (Å²) < 4.78 is 11.3. The second-order valence-electron chi connectivity index (χ2n) is 9.21. The van der Waals surface area contributed by atoms with Crippen LogP contribution in [-0.2, 0) is 11.4 Å². The van der Waals surface area contributed by atoms with E-state index < -0.39 is 4.92 Å². The fraction of sp³-hybridized carbons (Fsp3) is 0.458. The van der Waals surface area contributed by atoms with Crippen LogP contribution in [0, 0.1) is 33.3 Å². The van der Waals surface area contributed by atoms with Crippen molar-refractivity contribution in [3.63, 3.8) is 0 Å². The lowest BCUT2D eigenvalue weighted by atomic mass is 9.48. The average Bonchev–Trinajstić information content (AvgIpc) is 3.17. The molecule has 0 amide bonds. The third-order valence-corrected chi connectivity index (χ3v) is 7.07. The highest BCUT2D eigenvalue weighted by atomic mass is 16.6. The molecule has 1 aromatic carbocycles. The first-order chi connectivity index (χ1) is 14.5. The van der Waals surface area contributed by atoms with Gasteiger partial charge in [-0.25, -0.2) is 0 Å². The minimum atomic E-state index is -0.471. The van der Waals surface area contributed by atoms with Crippen molar-refractivity contribution in [3.05, 3.63) is 64.1 Å². The molecule has 156 valence electrons. The zero-order chi connectivity index (χ0) is 20.7. The van der Waals surface area contributed by atoms with Gasteiger partial charge in [-0.3, -0.25) is 14.9 Å². The number of nitro groups is 1. The number of benzene rings is 1. The Kier molecular flexibility index (Phi) is 4.72. The number of nitro benzene ring substituents is 1. The Bertz CT molecular complexity index is 969. The van der Waals surface area contributed by atoms with E-state index in [1.165, 1.54) is 25.3 Å². The van der Waals surface area contributed by atoms with Gasteiger partial charge in [-0.2, -0.15) is 0 Å². The second-order valence-corrected chi connectivity index (χ2v) is 9.21. The first-order valence-corrected chi connectivity index (χ1v) is 10.7. The molecular weight excluding hydrogens is 382 g/mol. The van der Waals surface area contributed by atoms with E-state index in [1.807, 2.05) is 0 Å². The molecule has 0 N–H and O–H groups in total. The molecule has 0 unspecified atom stereocenters. The maximum absolute atomic E-state index is 13.1. The molecule has 30 heavy (non-hydrogen) atoms. The van der Waals surface area contributed by atoms with Gasteiger partial charge in [0.2, 0.25) is 0 Å². The van der Waals surface area contributed by atoms with Crippen LogP contribution in [0.1, 0.15) is 50.0 Å². The number of allylic oxidation sites excluding steroid dienone is 1. The van der Waals surface area contributed by atoms with Gasteiger partial charge in [-0.15, -0.1) is 0 Å². The highest BCUT2D eigenvalue weighted by Crippen LogP contribution is 2.60. The summed E-state index contributed by atoms with van der Waals surface area (Å²) >= 11 is 0. The second kappa shape index (κ2) is 7.42. The van der Waals surface area contributed by atoms with Crippen LogP contribution >= 0.6 is 0 Å². The first kappa shape index (κ1) is 19.1. The Morgan fingerprint density at radius 2 is 1.77 bits per heavy atom. The molecule has 2 aromatic rings. The maximum Gasteiger partial charge on any atom is 0.310 e. The van der Waals surface area contributed by atoms with Crippen LogP contribution < -0.4 is 4.74 Å². The van der Waals surface area contributed by atoms with Crippen LogP contribution in [-0.4, -0.2) is 10.7 Å². The summed E-state index contributed by atoms with van der Waals surface area (Å²) in [6, 6.07) is 9.81. The summed E-state index contributed by atoms with van der Waals surface area (Å²) in [7, 11) is 0. The standard InChI is InChI=1S/C24H25NO5/c26-23(24-12-16-9-17(13-24)11-18(10-16)14-24)8-7-19-5-6-20(30-19)15-29-22-4-2-1-3-21(22)25(27)28/h1-8,16-18H,9-15H2/b8-7+. The van der Waals surface area contributed by atoms with Crippen LogP contribution in [0.3, 0.4) is 0 Å². The Balaban J connectivity index is 1.23. The molecule has 0 saturated heterocycles. The monoisotopic (exact) mass is 407 g/mol. The number of hydrogen-bond donors (Lipinski definition) is 0. The molecule has 6 heteroatoms. The largest absolute Gasteiger partial charge is 0.479 e. The molecule has 1 heterocycles. The number of carbonyl (C=O) groups is 1. The van der Waals surface area contributed by atoms with Gasteiger partial charge in [0.15, 0.2) is 11.5 Å². The van der Waals surface area contributed by atoms with E-state index in [4.69, 9.17) is 9.15 Å². The Morgan fingerprint density at radius 3 is 2.43 bits per heavy atom. The van der Waals surface area contributed by atoms with Crippen LogP contribution in [0.15, 0.2) is 46.9 Å². The van der Waals surface area contributed by atoms with E-state index in [0.29, 0.717) is 11.5 Å². The fourth-order valence-electron chi connectivity index (χ4n) is 6.19. The lowest BCUT2D eigenvalue weighted by Crippen LogP contribution is -2.49. The van der Waals surface area contributed by atoms with Crippen LogP contribution in [0.5, 0.6) is 5.75 Å². The average molecular weight is 407 g/mol. The summed E-state index contributed by atoms with van der Waals surface area (Å²) in [5.74, 6) is 3.81. The number of nitrogens with zero attached hydrogens (tertiary/aromatic N) is 1. The molecule has 4 aliphatic rings. The van der Waals surface area contributed by atoms with E-state index in [9.17, 15) is 14.9 Å². The molecule has 4 aliphatic carbocycles. The molecule has 6 rings (SSSR count). The third-order valence-electron chi connectivity index (χ3n) is 7.07. The highest BCUT2D eigenvalue weighted by molar-refractivity contribution is 5.98. The summed E-state index contributed by atoms with van der Waals surface area (Å²) in [4.78, 5) is 23.7. The number of rotatable bonds is 7. The van der Waals surface area contributed by atoms with E-state index in [0.717, 1.165) is 37.0 Å². The van der Waals surface area contributed by atoms with Crippen LogP contribution in [0.4, 0.5) is 5.69 Å². The smallest absolute Gasteiger partial charge is 0.310 e. The van der Waals surface area contributed by atoms with E-state index in [1.54, 1.807) is 42.5 Å². The number of carbonyl (C=O) groups excluding carboxylic acids is 1. The highest BCUT2D eigenvalue weighted by Gasteiger charge is 2.53. The molecule has 4 bridgehead atoms. The minimum Gasteiger partial charge on any atom is -0.479 e. The topological polar surface area (TPSA) is 82.6 Å². The summed E-state index contributed by atoms with van der Waals surface area (Å²) in [5, 5.41) is 11.1. The Morgan fingerprint density at radius 1 is 1.10 bits per heavy atom. The number of para-hydroxylation sites is 2. The molecule has 4 fully saturated rings. The predicted octanol–water partition coefficient (Wildman–Crippen LogP) is 5.57. The van der Waals surface area contributed by atoms with Gasteiger partial charge < -0.3 is 9.15 Å². The van der Waals surface area contributed by atoms with Crippen molar-refractivity contribution < 1.29 is 18.9 Å². The maximum atomic E-state index is 13.1. The van der Waals surface area contributed by atoms with E-state index >= 15 is 0 Å². The number of hydrogen-bond acceptors (Lipinski definition) is 5. The molecule has 0 radical (unpaired) electrons. The van der Waals surface area contributed by atoms with Crippen molar-refractivity contribution in [1.82, 2.24) is 0 Å². The molecule has 4 saturated carbocycles. The van der Waals surface area contributed by atoms with E-state index in [-0.39, 0.29) is 29.2 Å². The van der Waals surface area contributed by atoms with E-state index in [2.05, 4.69) is 0 Å². The van der Waals surface area contributed by atoms with Crippen molar-refractivity contribution in [1.29, 1.82) is 0 Å². The van der Waals surface area contributed by atoms with Crippen molar-refractivity contribution in [2.45, 2.75) is 45.1 Å². The van der Waals surface area contributed by atoms with Gasteiger partial charge in [-0.05, 0) is 86.6 Å². The van der Waals surface area contributed by atoms with Crippen molar-refractivity contribution >= 4 is 17.5 Å². The molecule has 0 aliphatic heterocycles. The SMILES string of the molecule is O=C(/C=C/c1ccc(COc2ccccc2[N+](=O)[O-])o1)C12CC3CC(CC(C3)C1)C2. The molecular formula is C24H25NO5. The van der Waals surface area contributed by atoms with Gasteiger partial charge in [-0.1, -0.05) is 12.1 Å². The Labute approximate surface area is 175 Å². The molecule has 0 atom stereocenters. The number of ketones is 1. The lowest BCUT2D eigenvalue weighted by molar-refractivity contribution is -0.386. The quantitative estimate of drug-likeness (QED) is 0.341. The van der Waals surface area contributed by atoms with Gasteiger partial charge in [0.25, 0.3) is 0 Å². The minimum absolute atomic E-state index is 0.0784. The van der Waals surface area contributed by atoms with Crippen molar-refractivity contribution in [2.75, 3.05) is 0 Å². The van der Waals surface area contributed by atoms with Gasteiger partial charge in [0.1, 0.15) is 18.1 Å². The third kappa shape index (κ3) is 3.55. The van der Waals surface area contributed by atoms with Crippen LogP contribution in [0.25, 0.3) is 6.08 Å². The summed E-state index contributed by atoms with van der Waals surface area (Å²) in [5.41, 5.74) is -0.221. The summed E-state index contributed by atoms with van der Waals surface area (Å²) in [6.07, 6.45) is 10.5. The van der Waals surface area contributed by atoms with Gasteiger partial charge in [0.05, 0.1) is 4.92 Å². The van der Waals surface area contributed by atoms with Gasteiger partial charge in [0, 0.05) is 11.5 Å². The lowest BCUT2D eigenvalue weighted by Gasteiger charge is -2.55. The zero-order valence-electron chi connectivity index (χ0n) is 16.8.